The summed E-state index contributed by atoms with van der Waals surface area (Å²) in [6.07, 6.45) is 1.87. The smallest absolute Gasteiger partial charge is 0.496 e. The van der Waals surface area contributed by atoms with Gasteiger partial charge in [-0.1, -0.05) is 6.07 Å². The van der Waals surface area contributed by atoms with E-state index in [-0.39, 0.29) is 47.4 Å². The van der Waals surface area contributed by atoms with Crippen LogP contribution in [0.1, 0.15) is 42.5 Å². The zero-order chi connectivity index (χ0) is 31.3. The average molecular weight is 629 g/mol. The lowest BCUT2D eigenvalue weighted by Gasteiger charge is -2.33. The Morgan fingerprint density at radius 2 is 1.70 bits per heavy atom. The van der Waals surface area contributed by atoms with Crippen molar-refractivity contribution >= 4 is 33.3 Å². The number of hydrogen-bond acceptors (Lipinski definition) is 7. The molecule has 4 atom stereocenters. The van der Waals surface area contributed by atoms with Gasteiger partial charge in [0, 0.05) is 17.8 Å². The zero-order valence-corrected chi connectivity index (χ0v) is 23.5. The van der Waals surface area contributed by atoms with Crippen LogP contribution >= 0.6 is 0 Å². The van der Waals surface area contributed by atoms with Gasteiger partial charge in [0.2, 0.25) is 5.91 Å². The van der Waals surface area contributed by atoms with E-state index >= 15 is 0 Å². The summed E-state index contributed by atoms with van der Waals surface area (Å²) < 4.78 is 88.3. The minimum Gasteiger partial charge on any atom is -0.496 e. The van der Waals surface area contributed by atoms with Crippen molar-refractivity contribution in [2.45, 2.75) is 54.7 Å². The van der Waals surface area contributed by atoms with Crippen molar-refractivity contribution in [2.75, 3.05) is 12.4 Å². The number of amides is 2. The van der Waals surface area contributed by atoms with Crippen LogP contribution in [0.4, 0.5) is 23.2 Å². The molecule has 0 aromatic heterocycles. The van der Waals surface area contributed by atoms with Crippen molar-refractivity contribution in [3.05, 3.63) is 47.8 Å². The number of rotatable bonds is 9. The minimum absolute atomic E-state index is 0.0694. The highest BCUT2D eigenvalue weighted by Crippen LogP contribution is 2.49. The number of carboxylic acids is 1. The van der Waals surface area contributed by atoms with Crippen LogP contribution in [-0.4, -0.2) is 56.1 Å². The lowest BCUT2D eigenvalue weighted by atomic mass is 9.82. The van der Waals surface area contributed by atoms with Crippen molar-refractivity contribution in [1.82, 2.24) is 5.32 Å². The first-order valence-electron chi connectivity index (χ1n) is 13.5. The highest BCUT2D eigenvalue weighted by molar-refractivity contribution is 7.92. The quantitative estimate of drug-likeness (QED) is 0.351. The Labute approximate surface area is 243 Å². The fraction of sp³-hybridized carbons (Fsp3) is 0.464. The number of aliphatic carboxylic acids is 1. The van der Waals surface area contributed by atoms with E-state index in [4.69, 9.17) is 14.6 Å². The molecule has 0 saturated heterocycles. The Kier molecular flexibility index (Phi) is 8.05. The average Bonchev–Trinajstić information content (AvgIpc) is 3.52. The number of alkyl halides is 3. The van der Waals surface area contributed by atoms with Gasteiger partial charge in [-0.25, -0.2) is 12.8 Å². The summed E-state index contributed by atoms with van der Waals surface area (Å²) in [5, 5.41) is 14.4. The Bertz CT molecular complexity index is 1560. The van der Waals surface area contributed by atoms with Crippen LogP contribution in [0.15, 0.2) is 41.3 Å². The van der Waals surface area contributed by atoms with Crippen molar-refractivity contribution in [1.29, 1.82) is 0 Å². The van der Waals surface area contributed by atoms with E-state index in [0.717, 1.165) is 36.8 Å². The molecule has 232 valence electrons. The molecule has 5 rings (SSSR count). The van der Waals surface area contributed by atoms with E-state index in [1.165, 1.54) is 13.2 Å². The number of nitrogens with one attached hydrogen (secondary N) is 2. The van der Waals surface area contributed by atoms with Crippen LogP contribution in [0.25, 0.3) is 0 Å². The van der Waals surface area contributed by atoms with Gasteiger partial charge in [0.15, 0.2) is 11.6 Å². The molecule has 0 unspecified atom stereocenters. The molecule has 3 N–H and O–H groups in total. The molecule has 0 radical (unpaired) electrons. The third-order valence-electron chi connectivity index (χ3n) is 8.47. The molecule has 3 aliphatic rings. The first-order chi connectivity index (χ1) is 20.2. The van der Waals surface area contributed by atoms with Gasteiger partial charge in [-0.2, -0.15) is 13.2 Å². The zero-order valence-electron chi connectivity index (χ0n) is 22.7. The summed E-state index contributed by atoms with van der Waals surface area (Å²) in [5.41, 5.74) is -5.73. The molecular weight excluding hydrogens is 600 g/mol. The second-order valence-electron chi connectivity index (χ2n) is 11.1. The van der Waals surface area contributed by atoms with Crippen LogP contribution in [0, 0.1) is 29.5 Å². The van der Waals surface area contributed by atoms with E-state index in [1.807, 2.05) is 0 Å². The molecule has 2 aromatic carbocycles. The molecule has 3 saturated carbocycles. The maximum absolute atomic E-state index is 14.7. The van der Waals surface area contributed by atoms with Crippen molar-refractivity contribution in [3.63, 3.8) is 0 Å². The number of methoxy groups -OCH3 is 1. The molecule has 3 aliphatic carbocycles. The van der Waals surface area contributed by atoms with Gasteiger partial charge in [0.05, 0.1) is 29.4 Å². The molecule has 2 aromatic rings. The molecule has 2 amide bonds. The number of carbonyl (C=O) groups excluding carboxylic acids is 2. The summed E-state index contributed by atoms with van der Waals surface area (Å²) in [7, 11) is -4.38. The molecule has 10 nitrogen and oxygen atoms in total. The minimum atomic E-state index is -5.63. The third-order valence-corrected chi connectivity index (χ3v) is 9.95. The number of carbonyl (C=O) groups is 3. The summed E-state index contributed by atoms with van der Waals surface area (Å²) in [4.78, 5) is 36.9. The maximum Gasteiger partial charge on any atom is 0.501 e. The topological polar surface area (TPSA) is 148 Å². The first-order valence-corrected chi connectivity index (χ1v) is 15.0. The summed E-state index contributed by atoms with van der Waals surface area (Å²) in [5.74, 6) is -4.96. The third kappa shape index (κ3) is 5.86. The number of carboxylic acid groups (broad SMARTS) is 1. The highest BCUT2D eigenvalue weighted by Gasteiger charge is 2.52. The Morgan fingerprint density at radius 3 is 2.35 bits per heavy atom. The fourth-order valence-electron chi connectivity index (χ4n) is 6.22. The molecule has 0 heterocycles. The Hall–Kier alpha value is -3.88. The van der Waals surface area contributed by atoms with Gasteiger partial charge in [0.1, 0.15) is 11.9 Å². The number of hydrogen-bond donors (Lipinski definition) is 3. The van der Waals surface area contributed by atoms with Crippen molar-refractivity contribution in [2.24, 2.45) is 23.7 Å². The second kappa shape index (κ2) is 11.3. The predicted molar refractivity (Wildman–Crippen MR) is 142 cm³/mol. The monoisotopic (exact) mass is 628 g/mol. The van der Waals surface area contributed by atoms with Crippen LogP contribution in [-0.2, 0) is 19.4 Å². The van der Waals surface area contributed by atoms with Crippen molar-refractivity contribution in [3.8, 4) is 11.5 Å². The van der Waals surface area contributed by atoms with Crippen molar-refractivity contribution < 1.29 is 54.9 Å². The van der Waals surface area contributed by atoms with E-state index in [2.05, 4.69) is 10.6 Å². The van der Waals surface area contributed by atoms with Gasteiger partial charge in [-0.3, -0.25) is 14.4 Å². The number of ether oxygens (including phenoxy) is 2. The lowest BCUT2D eigenvalue weighted by molar-refractivity contribution is -0.148. The summed E-state index contributed by atoms with van der Waals surface area (Å²) in [6.45, 7) is 0. The number of anilines is 1. The Morgan fingerprint density at radius 1 is 1.00 bits per heavy atom. The molecular formula is C28H28F4N2O8S. The normalized spacial score (nSPS) is 26.3. The van der Waals surface area contributed by atoms with E-state index in [9.17, 15) is 40.4 Å². The predicted octanol–water partition coefficient (Wildman–Crippen LogP) is 4.15. The number of benzene rings is 2. The molecule has 2 bridgehead atoms. The summed E-state index contributed by atoms with van der Waals surface area (Å²) in [6, 6.07) is 5.32. The Balaban J connectivity index is 1.33. The maximum atomic E-state index is 14.7. The standard InChI is InChI=1S/C28H28F4N2O8S/c1-41-21-12-20(29)22(42-17-8-15(9-17)27(37)38)11-19(21)25(35)34-24-14-6-5-13(7-14)23(24)26(36)33-16-3-2-4-18(10-16)43(39,40)28(30,31)32/h2-4,10-15,17,23-24H,5-9H2,1H3,(H,33,36)(H,34,35)(H,37,38)/t13-,14+,15-,17+,23+,24-/m1/s1. The SMILES string of the molecule is COc1cc(F)c(O[C@H]2C[C@@H](C(=O)O)C2)cc1C(=O)N[C@@H]1[C@H]2CC[C@H](C2)[C@@H]1C(=O)Nc1cccc(S(=O)(=O)C(F)(F)F)c1. The van der Waals surface area contributed by atoms with E-state index in [0.29, 0.717) is 12.8 Å². The first kappa shape index (κ1) is 30.6. The largest absolute Gasteiger partial charge is 0.501 e. The second-order valence-corrected chi connectivity index (χ2v) is 13.0. The summed E-state index contributed by atoms with van der Waals surface area (Å²) >= 11 is 0. The van der Waals surface area contributed by atoms with Gasteiger partial charge < -0.3 is 25.2 Å². The highest BCUT2D eigenvalue weighted by atomic mass is 32.2. The van der Waals surface area contributed by atoms with Crippen LogP contribution in [0.2, 0.25) is 0 Å². The van der Waals surface area contributed by atoms with Crippen LogP contribution in [0.5, 0.6) is 11.5 Å². The molecule has 43 heavy (non-hydrogen) atoms. The van der Waals surface area contributed by atoms with E-state index in [1.54, 1.807) is 0 Å². The molecule has 0 spiro atoms. The number of halogens is 4. The van der Waals surface area contributed by atoms with Gasteiger partial charge in [0.25, 0.3) is 15.7 Å². The van der Waals surface area contributed by atoms with Crippen LogP contribution in [0.3, 0.4) is 0 Å². The van der Waals surface area contributed by atoms with Gasteiger partial charge >= 0.3 is 11.5 Å². The number of fused-ring (bicyclic) bond motifs is 2. The molecule has 15 heteroatoms. The van der Waals surface area contributed by atoms with E-state index < -0.39 is 67.8 Å². The lowest BCUT2D eigenvalue weighted by Crippen LogP contribution is -2.48. The van der Waals surface area contributed by atoms with Gasteiger partial charge in [-0.15, -0.1) is 0 Å². The molecule has 0 aliphatic heterocycles. The van der Waals surface area contributed by atoms with Crippen LogP contribution < -0.4 is 20.1 Å². The van der Waals surface area contributed by atoms with Gasteiger partial charge in [-0.05, 0) is 68.2 Å². The number of sulfone groups is 1. The fourth-order valence-corrected chi connectivity index (χ4v) is 7.03. The molecule has 3 fully saturated rings.